The largest absolute Gasteiger partial charge is 0.485 e. The van der Waals surface area contributed by atoms with Gasteiger partial charge in [0, 0.05) is 30.4 Å². The van der Waals surface area contributed by atoms with Crippen molar-refractivity contribution in [3.63, 3.8) is 0 Å². The summed E-state index contributed by atoms with van der Waals surface area (Å²) in [5, 5.41) is 6.23. The Bertz CT molecular complexity index is 1170. The van der Waals surface area contributed by atoms with Crippen LogP contribution in [0.25, 0.3) is 5.65 Å². The Balaban J connectivity index is 0.00000385. The van der Waals surface area contributed by atoms with Gasteiger partial charge in [-0.2, -0.15) is 0 Å². The van der Waals surface area contributed by atoms with Crippen LogP contribution in [-0.4, -0.2) is 41.5 Å². The molecule has 3 amide bonds. The first-order chi connectivity index (χ1) is 15.2. The summed E-state index contributed by atoms with van der Waals surface area (Å²) in [5.74, 6) is 0.162. The van der Waals surface area contributed by atoms with Gasteiger partial charge in [-0.15, -0.1) is 12.4 Å². The first-order valence-corrected chi connectivity index (χ1v) is 10.9. The molecule has 0 spiro atoms. The summed E-state index contributed by atoms with van der Waals surface area (Å²) >= 11 is 19.2. The van der Waals surface area contributed by atoms with Crippen LogP contribution in [0.1, 0.15) is 18.2 Å². The van der Waals surface area contributed by atoms with E-state index in [9.17, 15) is 9.59 Å². The predicted octanol–water partition coefficient (Wildman–Crippen LogP) is 4.89. The summed E-state index contributed by atoms with van der Waals surface area (Å²) in [4.78, 5) is 29.8. The Kier molecular flexibility index (Phi) is 9.48. The molecule has 3 rings (SSSR count). The number of nitrogens with one attached hydrogen (secondary N) is 2. The van der Waals surface area contributed by atoms with Gasteiger partial charge in [0.05, 0.1) is 22.9 Å². The monoisotopic (exact) mass is 533 g/mol. The number of halogens is 4. The maximum Gasteiger partial charge on any atom is 0.315 e. The molecular weight excluding hydrogens is 512 g/mol. The third kappa shape index (κ3) is 5.95. The SMILES string of the molecule is CCNC(=O)NCC(=O)N(C)c1ccc(Cl)c(COc2cccn3c(Cl)c(C)nc23)c1Cl.Cl. The first kappa shape index (κ1) is 26.9. The molecule has 2 aromatic heterocycles. The van der Waals surface area contributed by atoms with E-state index in [1.54, 1.807) is 48.8 Å². The highest BCUT2D eigenvalue weighted by atomic mass is 35.5. The van der Waals surface area contributed by atoms with Gasteiger partial charge in [-0.3, -0.25) is 9.20 Å². The van der Waals surface area contributed by atoms with Gasteiger partial charge in [0.15, 0.2) is 11.4 Å². The molecule has 0 aliphatic carbocycles. The molecule has 0 atom stereocenters. The number of nitrogens with zero attached hydrogens (tertiary/aromatic N) is 3. The van der Waals surface area contributed by atoms with Gasteiger partial charge < -0.3 is 20.3 Å². The van der Waals surface area contributed by atoms with Gasteiger partial charge in [-0.1, -0.05) is 34.8 Å². The van der Waals surface area contributed by atoms with Gasteiger partial charge in [0.25, 0.3) is 0 Å². The van der Waals surface area contributed by atoms with E-state index in [1.165, 1.54) is 4.90 Å². The number of urea groups is 1. The molecule has 178 valence electrons. The summed E-state index contributed by atoms with van der Waals surface area (Å²) in [6.07, 6.45) is 1.79. The van der Waals surface area contributed by atoms with Crippen molar-refractivity contribution >= 4 is 70.5 Å². The number of carbonyl (C=O) groups excluding carboxylic acids is 2. The lowest BCUT2D eigenvalue weighted by Gasteiger charge is -2.21. The molecule has 0 bridgehead atoms. The number of hydrogen-bond donors (Lipinski definition) is 2. The van der Waals surface area contributed by atoms with E-state index >= 15 is 0 Å². The average Bonchev–Trinajstić information content (AvgIpc) is 3.06. The molecule has 2 N–H and O–H groups in total. The number of anilines is 1. The molecule has 0 unspecified atom stereocenters. The number of rotatable bonds is 7. The van der Waals surface area contributed by atoms with Gasteiger partial charge >= 0.3 is 6.03 Å². The smallest absolute Gasteiger partial charge is 0.315 e. The molecule has 0 aliphatic heterocycles. The number of fused-ring (bicyclic) bond motifs is 1. The zero-order valence-electron chi connectivity index (χ0n) is 18.1. The lowest BCUT2D eigenvalue weighted by molar-refractivity contribution is -0.117. The Morgan fingerprint density at radius 2 is 1.91 bits per heavy atom. The standard InChI is InChI=1S/C21H22Cl3N5O3.ClH/c1-4-25-21(31)26-10-17(30)28(3)15-8-7-14(22)13(18(15)23)11-32-16-6-5-9-29-19(24)12(2)27-20(16)29;/h5-9H,4,10-11H2,1-3H3,(H2,25,26,31);1H. The number of carbonyl (C=O) groups is 2. The van der Waals surface area contributed by atoms with Crippen molar-refractivity contribution in [1.82, 2.24) is 20.0 Å². The molecule has 2 heterocycles. The molecule has 0 radical (unpaired) electrons. The molecule has 3 aromatic rings. The molecule has 33 heavy (non-hydrogen) atoms. The second-order valence-corrected chi connectivity index (χ2v) is 8.01. The molecule has 12 heteroatoms. The van der Waals surface area contributed by atoms with E-state index in [0.29, 0.717) is 45.1 Å². The highest BCUT2D eigenvalue weighted by Gasteiger charge is 2.20. The summed E-state index contributed by atoms with van der Waals surface area (Å²) in [6, 6.07) is 6.42. The van der Waals surface area contributed by atoms with Crippen molar-refractivity contribution in [1.29, 1.82) is 0 Å². The fraction of sp³-hybridized carbons (Fsp3) is 0.286. The Morgan fingerprint density at radius 1 is 1.18 bits per heavy atom. The predicted molar refractivity (Wildman–Crippen MR) is 133 cm³/mol. The molecule has 1 aromatic carbocycles. The number of pyridine rings is 1. The average molecular weight is 535 g/mol. The summed E-state index contributed by atoms with van der Waals surface area (Å²) in [5.41, 5.74) is 2.21. The second-order valence-electron chi connectivity index (χ2n) is 6.87. The lowest BCUT2D eigenvalue weighted by atomic mass is 10.2. The quantitative estimate of drug-likeness (QED) is 0.452. The minimum atomic E-state index is -0.422. The normalized spacial score (nSPS) is 10.5. The van der Waals surface area contributed by atoms with Crippen molar-refractivity contribution < 1.29 is 14.3 Å². The number of hydrogen-bond acceptors (Lipinski definition) is 4. The molecule has 0 aliphatic rings. The van der Waals surface area contributed by atoms with E-state index < -0.39 is 6.03 Å². The summed E-state index contributed by atoms with van der Waals surface area (Å²) in [7, 11) is 1.57. The number of ether oxygens (including phenoxy) is 1. The van der Waals surface area contributed by atoms with E-state index in [4.69, 9.17) is 39.5 Å². The molecule has 8 nitrogen and oxygen atoms in total. The fourth-order valence-electron chi connectivity index (χ4n) is 3.00. The third-order valence-corrected chi connectivity index (χ3v) is 5.96. The maximum atomic E-state index is 12.5. The zero-order chi connectivity index (χ0) is 23.4. The van der Waals surface area contributed by atoms with E-state index in [-0.39, 0.29) is 36.5 Å². The van der Waals surface area contributed by atoms with E-state index in [2.05, 4.69) is 15.6 Å². The fourth-order valence-corrected chi connectivity index (χ4v) is 3.78. The van der Waals surface area contributed by atoms with E-state index in [0.717, 1.165) is 0 Å². The van der Waals surface area contributed by atoms with Crippen LogP contribution in [0.15, 0.2) is 30.5 Å². The van der Waals surface area contributed by atoms with Crippen LogP contribution in [0.3, 0.4) is 0 Å². The van der Waals surface area contributed by atoms with Crippen LogP contribution >= 0.6 is 47.2 Å². The number of aromatic nitrogens is 2. The van der Waals surface area contributed by atoms with Gasteiger partial charge in [-0.25, -0.2) is 9.78 Å². The second kappa shape index (κ2) is 11.7. The van der Waals surface area contributed by atoms with Crippen LogP contribution in [0.2, 0.25) is 15.2 Å². The van der Waals surface area contributed by atoms with Crippen LogP contribution in [0.5, 0.6) is 5.75 Å². The molecular formula is C21H23Cl4N5O3. The van der Waals surface area contributed by atoms with Crippen LogP contribution < -0.4 is 20.3 Å². The molecule has 0 saturated heterocycles. The molecule has 0 saturated carbocycles. The highest BCUT2D eigenvalue weighted by molar-refractivity contribution is 6.38. The number of likely N-dealkylation sites (N-methyl/N-ethyl adjacent to an activating group) is 1. The minimum Gasteiger partial charge on any atom is -0.485 e. The van der Waals surface area contributed by atoms with Crippen molar-refractivity contribution in [2.45, 2.75) is 20.5 Å². The highest BCUT2D eigenvalue weighted by Crippen LogP contribution is 2.35. The van der Waals surface area contributed by atoms with E-state index in [1.807, 2.05) is 6.92 Å². The number of amides is 3. The Morgan fingerprint density at radius 3 is 2.61 bits per heavy atom. The van der Waals surface area contributed by atoms with Crippen molar-refractivity contribution in [2.75, 3.05) is 25.0 Å². The maximum absolute atomic E-state index is 12.5. The number of imidazole rings is 1. The van der Waals surface area contributed by atoms with Gasteiger partial charge in [-0.05, 0) is 38.1 Å². The van der Waals surface area contributed by atoms with Gasteiger partial charge in [0.2, 0.25) is 5.91 Å². The zero-order valence-corrected chi connectivity index (χ0v) is 21.2. The summed E-state index contributed by atoms with van der Waals surface area (Å²) < 4.78 is 7.68. The van der Waals surface area contributed by atoms with Crippen LogP contribution in [0, 0.1) is 6.92 Å². The molecule has 0 fully saturated rings. The van der Waals surface area contributed by atoms with Crippen molar-refractivity contribution in [2.24, 2.45) is 0 Å². The van der Waals surface area contributed by atoms with Crippen LogP contribution in [0.4, 0.5) is 10.5 Å². The van der Waals surface area contributed by atoms with Crippen molar-refractivity contribution in [3.8, 4) is 5.75 Å². The first-order valence-electron chi connectivity index (χ1n) is 9.75. The third-order valence-electron chi connectivity index (χ3n) is 4.73. The minimum absolute atomic E-state index is 0. The Hall–Kier alpha value is -2.39. The van der Waals surface area contributed by atoms with Crippen LogP contribution in [-0.2, 0) is 11.4 Å². The lowest BCUT2D eigenvalue weighted by Crippen LogP contribution is -2.42. The Labute approximate surface area is 212 Å². The summed E-state index contributed by atoms with van der Waals surface area (Å²) in [6.45, 7) is 3.92. The van der Waals surface area contributed by atoms with Gasteiger partial charge in [0.1, 0.15) is 11.8 Å². The topological polar surface area (TPSA) is 88.0 Å². The van der Waals surface area contributed by atoms with Crippen molar-refractivity contribution in [3.05, 3.63) is 56.9 Å². The number of benzene rings is 1. The number of aryl methyl sites for hydroxylation is 1.